The highest BCUT2D eigenvalue weighted by molar-refractivity contribution is 6.36. The lowest BCUT2D eigenvalue weighted by Gasteiger charge is -2.07. The van der Waals surface area contributed by atoms with E-state index in [1.807, 2.05) is 6.07 Å². The Hall–Kier alpha value is -2.07. The van der Waals surface area contributed by atoms with Crippen LogP contribution in [0, 0.1) is 0 Å². The second kappa shape index (κ2) is 5.51. The molecule has 0 fully saturated rings. The minimum absolute atomic E-state index is 0.151. The van der Waals surface area contributed by atoms with E-state index in [9.17, 15) is 4.79 Å². The van der Waals surface area contributed by atoms with Gasteiger partial charge in [-0.1, -0.05) is 23.7 Å². The van der Waals surface area contributed by atoms with Gasteiger partial charge >= 0.3 is 5.97 Å². The quantitative estimate of drug-likeness (QED) is 0.682. The predicted octanol–water partition coefficient (Wildman–Crippen LogP) is 2.67. The van der Waals surface area contributed by atoms with Crippen molar-refractivity contribution in [3.8, 4) is 0 Å². The highest BCUT2D eigenvalue weighted by Crippen LogP contribution is 2.23. The molecule has 0 radical (unpaired) electrons. The molecular formula is C13H11ClN2O2. The molecule has 5 heteroatoms. The van der Waals surface area contributed by atoms with E-state index in [1.54, 1.807) is 36.7 Å². The Kier molecular flexibility index (Phi) is 3.79. The summed E-state index contributed by atoms with van der Waals surface area (Å²) in [6, 6.07) is 8.45. The van der Waals surface area contributed by atoms with E-state index in [0.29, 0.717) is 5.69 Å². The van der Waals surface area contributed by atoms with Crippen molar-refractivity contribution in [2.24, 2.45) is 0 Å². The average Bonchev–Trinajstić information content (AvgIpc) is 2.40. The summed E-state index contributed by atoms with van der Waals surface area (Å²) in [4.78, 5) is 15.7. The van der Waals surface area contributed by atoms with Gasteiger partial charge in [-0.25, -0.2) is 4.79 Å². The Balaban J connectivity index is 2.07. The van der Waals surface area contributed by atoms with Crippen molar-refractivity contribution in [3.63, 3.8) is 0 Å². The zero-order valence-electron chi connectivity index (χ0n) is 9.47. The van der Waals surface area contributed by atoms with Crippen LogP contribution in [0.4, 0.5) is 5.69 Å². The molecule has 18 heavy (non-hydrogen) atoms. The van der Waals surface area contributed by atoms with E-state index in [1.165, 1.54) is 0 Å². The molecule has 0 atom stereocenters. The number of carbonyl (C=O) groups is 1. The summed E-state index contributed by atoms with van der Waals surface area (Å²) in [5.41, 5.74) is 7.05. The van der Waals surface area contributed by atoms with Gasteiger partial charge in [0.05, 0.1) is 16.3 Å². The third-order valence-electron chi connectivity index (χ3n) is 2.34. The van der Waals surface area contributed by atoms with Crippen molar-refractivity contribution in [1.29, 1.82) is 0 Å². The maximum Gasteiger partial charge on any atom is 0.340 e. The van der Waals surface area contributed by atoms with Crippen LogP contribution in [0.25, 0.3) is 0 Å². The molecule has 0 aliphatic carbocycles. The zero-order chi connectivity index (χ0) is 13.0. The molecule has 0 aliphatic rings. The number of nitrogen functional groups attached to an aromatic ring is 1. The molecule has 0 saturated heterocycles. The molecule has 2 aromatic rings. The highest BCUT2D eigenvalue weighted by atomic mass is 35.5. The third kappa shape index (κ3) is 2.78. The predicted molar refractivity (Wildman–Crippen MR) is 69.2 cm³/mol. The van der Waals surface area contributed by atoms with Gasteiger partial charge < -0.3 is 10.5 Å². The molecule has 2 N–H and O–H groups in total. The maximum absolute atomic E-state index is 11.8. The number of nitrogens with two attached hydrogens (primary N) is 1. The smallest absolute Gasteiger partial charge is 0.340 e. The van der Waals surface area contributed by atoms with Crippen molar-refractivity contribution < 1.29 is 9.53 Å². The van der Waals surface area contributed by atoms with Crippen LogP contribution in [0.3, 0.4) is 0 Å². The summed E-state index contributed by atoms with van der Waals surface area (Å²) < 4.78 is 5.13. The molecule has 0 saturated carbocycles. The molecule has 0 aliphatic heterocycles. The van der Waals surface area contributed by atoms with Crippen molar-refractivity contribution in [2.75, 3.05) is 5.73 Å². The first-order valence-electron chi connectivity index (χ1n) is 5.28. The lowest BCUT2D eigenvalue weighted by atomic mass is 10.2. The van der Waals surface area contributed by atoms with E-state index in [0.717, 1.165) is 5.56 Å². The lowest BCUT2D eigenvalue weighted by Crippen LogP contribution is -2.07. The van der Waals surface area contributed by atoms with Crippen LogP contribution in [0.15, 0.2) is 42.7 Å². The van der Waals surface area contributed by atoms with Gasteiger partial charge in [-0.2, -0.15) is 0 Å². The van der Waals surface area contributed by atoms with Crippen molar-refractivity contribution in [1.82, 2.24) is 4.98 Å². The Labute approximate surface area is 109 Å². The number of aromatic nitrogens is 1. The maximum atomic E-state index is 11.8. The number of esters is 1. The SMILES string of the molecule is Nc1cccc(C(=O)OCc2cccnc2)c1Cl. The number of anilines is 1. The van der Waals surface area contributed by atoms with E-state index >= 15 is 0 Å². The first-order valence-corrected chi connectivity index (χ1v) is 5.66. The second-order valence-corrected chi connectivity index (χ2v) is 4.02. The number of hydrogen-bond donors (Lipinski definition) is 1. The molecule has 2 rings (SSSR count). The normalized spacial score (nSPS) is 10.1. The fourth-order valence-electron chi connectivity index (χ4n) is 1.42. The molecule has 0 amide bonds. The van der Waals surface area contributed by atoms with Crippen LogP contribution in [0.1, 0.15) is 15.9 Å². The molecule has 0 bridgehead atoms. The minimum atomic E-state index is -0.504. The van der Waals surface area contributed by atoms with Gasteiger partial charge in [-0.15, -0.1) is 0 Å². The topological polar surface area (TPSA) is 65.2 Å². The number of rotatable bonds is 3. The number of ether oxygens (including phenoxy) is 1. The summed E-state index contributed by atoms with van der Waals surface area (Å²) in [5.74, 6) is -0.504. The van der Waals surface area contributed by atoms with Gasteiger partial charge in [0.1, 0.15) is 6.61 Å². The number of pyridine rings is 1. The van der Waals surface area contributed by atoms with E-state index < -0.39 is 5.97 Å². The van der Waals surface area contributed by atoms with Crippen LogP contribution < -0.4 is 5.73 Å². The van der Waals surface area contributed by atoms with Crippen LogP contribution in [0.2, 0.25) is 5.02 Å². The van der Waals surface area contributed by atoms with Crippen LogP contribution in [-0.2, 0) is 11.3 Å². The van der Waals surface area contributed by atoms with Crippen LogP contribution in [-0.4, -0.2) is 11.0 Å². The zero-order valence-corrected chi connectivity index (χ0v) is 10.2. The van der Waals surface area contributed by atoms with Gasteiger partial charge in [0.25, 0.3) is 0 Å². The van der Waals surface area contributed by atoms with Crippen LogP contribution >= 0.6 is 11.6 Å². The van der Waals surface area contributed by atoms with E-state index in [-0.39, 0.29) is 17.2 Å². The minimum Gasteiger partial charge on any atom is -0.457 e. The molecule has 4 nitrogen and oxygen atoms in total. The second-order valence-electron chi connectivity index (χ2n) is 3.65. The summed E-state index contributed by atoms with van der Waals surface area (Å²) in [6.45, 7) is 0.151. The molecular weight excluding hydrogens is 252 g/mol. The first kappa shape index (κ1) is 12.4. The molecule has 1 heterocycles. The summed E-state index contributed by atoms with van der Waals surface area (Å²) in [5, 5.41) is 0.216. The van der Waals surface area contributed by atoms with Gasteiger partial charge in [0, 0.05) is 18.0 Å². The number of nitrogens with zero attached hydrogens (tertiary/aromatic N) is 1. The van der Waals surface area contributed by atoms with Gasteiger partial charge in [-0.05, 0) is 18.2 Å². The number of halogens is 1. The Morgan fingerprint density at radius 1 is 1.33 bits per heavy atom. The number of hydrogen-bond acceptors (Lipinski definition) is 4. The van der Waals surface area contributed by atoms with E-state index in [2.05, 4.69) is 4.98 Å². The molecule has 0 spiro atoms. The summed E-state index contributed by atoms with van der Waals surface area (Å²) in [6.07, 6.45) is 3.29. The van der Waals surface area contributed by atoms with E-state index in [4.69, 9.17) is 22.1 Å². The molecule has 1 aromatic carbocycles. The fraction of sp³-hybridized carbons (Fsp3) is 0.0769. The largest absolute Gasteiger partial charge is 0.457 e. The summed E-state index contributed by atoms with van der Waals surface area (Å²) in [7, 11) is 0. The fourth-order valence-corrected chi connectivity index (χ4v) is 1.62. The number of carbonyl (C=O) groups excluding carboxylic acids is 1. The standard InChI is InChI=1S/C13H11ClN2O2/c14-12-10(4-1-5-11(12)15)13(17)18-8-9-3-2-6-16-7-9/h1-7H,8,15H2. The third-order valence-corrected chi connectivity index (χ3v) is 2.76. The van der Waals surface area contributed by atoms with Crippen molar-refractivity contribution in [2.45, 2.75) is 6.61 Å². The average molecular weight is 263 g/mol. The Bertz CT molecular complexity index is 558. The monoisotopic (exact) mass is 262 g/mol. The molecule has 1 aromatic heterocycles. The van der Waals surface area contributed by atoms with Crippen molar-refractivity contribution in [3.05, 3.63) is 58.9 Å². The Morgan fingerprint density at radius 2 is 2.17 bits per heavy atom. The number of benzene rings is 1. The molecule has 92 valence electrons. The van der Waals surface area contributed by atoms with Gasteiger partial charge in [0.2, 0.25) is 0 Å². The lowest BCUT2D eigenvalue weighted by molar-refractivity contribution is 0.0472. The van der Waals surface area contributed by atoms with Gasteiger partial charge in [0.15, 0.2) is 0 Å². The summed E-state index contributed by atoms with van der Waals surface area (Å²) >= 11 is 5.93. The van der Waals surface area contributed by atoms with Crippen LogP contribution in [0.5, 0.6) is 0 Å². The highest BCUT2D eigenvalue weighted by Gasteiger charge is 2.13. The first-order chi connectivity index (χ1) is 8.68. The van der Waals surface area contributed by atoms with Gasteiger partial charge in [-0.3, -0.25) is 4.98 Å². The molecule has 0 unspecified atom stereocenters. The van der Waals surface area contributed by atoms with Crippen molar-refractivity contribution >= 4 is 23.3 Å². The Morgan fingerprint density at radius 3 is 2.89 bits per heavy atom.